The fraction of sp³-hybridized carbons (Fsp3) is 0.902. The van der Waals surface area contributed by atoms with Crippen molar-refractivity contribution < 1.29 is 77.2 Å². The molecular weight excluding hydrogens is 1840 g/mol. The molecule has 0 radical (unpaired) electrons. The van der Waals surface area contributed by atoms with Crippen LogP contribution in [0.2, 0.25) is 0 Å². The van der Waals surface area contributed by atoms with Crippen LogP contribution in [-0.2, 0) is 61.9 Å². The number of hydrogen-bond donors (Lipinski definition) is 3. The van der Waals surface area contributed by atoms with E-state index in [1.807, 2.05) is 24.3 Å². The highest BCUT2D eigenvalue weighted by Crippen LogP contribution is 2.37. The van der Waals surface area contributed by atoms with Crippen LogP contribution in [0.25, 0.3) is 0 Å². The van der Waals surface area contributed by atoms with Crippen LogP contribution in [0, 0.1) is 47.3 Å². The van der Waals surface area contributed by atoms with Gasteiger partial charge in [0.1, 0.15) is 31.0 Å². The van der Waals surface area contributed by atoms with Crippen LogP contribution >= 0.6 is 0 Å². The fourth-order valence-corrected chi connectivity index (χ4v) is 23.1. The van der Waals surface area contributed by atoms with Gasteiger partial charge < -0.3 is 53.2 Å². The number of aliphatic hydroxyl groups is 3. The van der Waals surface area contributed by atoms with E-state index in [2.05, 4.69) is 90.0 Å². The lowest BCUT2D eigenvalue weighted by atomic mass is 9.91. The van der Waals surface area contributed by atoms with Gasteiger partial charge in [0.05, 0.1) is 6.61 Å². The van der Waals surface area contributed by atoms with E-state index in [4.69, 9.17) is 37.9 Å². The molecule has 868 valence electrons. The molecule has 0 spiro atoms. The predicted molar refractivity (Wildman–Crippen MR) is 623 cm³/mol. The Morgan fingerprint density at radius 1 is 0.250 bits per heavy atom. The van der Waals surface area contributed by atoms with Gasteiger partial charge in [-0.25, -0.2) is 19.2 Å². The zero-order valence-corrected chi connectivity index (χ0v) is 100. The third kappa shape index (κ3) is 75.1. The first-order valence-corrected chi connectivity index (χ1v) is 64.4. The van der Waals surface area contributed by atoms with Crippen molar-refractivity contribution >= 4 is 29.8 Å². The van der Waals surface area contributed by atoms with Crippen LogP contribution in [0.4, 0.5) is 0 Å². The number of carbonyl (C=O) groups is 5. The van der Waals surface area contributed by atoms with E-state index in [0.29, 0.717) is 41.2 Å². The van der Waals surface area contributed by atoms with Crippen molar-refractivity contribution in [1.29, 1.82) is 0 Å². The average molecular weight is 2090 g/mol. The van der Waals surface area contributed by atoms with Crippen molar-refractivity contribution in [2.45, 2.75) is 706 Å². The maximum atomic E-state index is 15.1. The molecule has 0 aliphatic carbocycles. The Balaban J connectivity index is 2.70. The molecule has 4 unspecified atom stereocenters. The summed E-state index contributed by atoms with van der Waals surface area (Å²) in [5.41, 5.74) is 1.18. The van der Waals surface area contributed by atoms with Gasteiger partial charge >= 0.3 is 29.8 Å². The van der Waals surface area contributed by atoms with Crippen molar-refractivity contribution in [3.8, 4) is 0 Å². The zero-order chi connectivity index (χ0) is 108. The molecule has 148 heavy (non-hydrogen) atoms. The summed E-state index contributed by atoms with van der Waals surface area (Å²) >= 11 is 0. The van der Waals surface area contributed by atoms with E-state index >= 15 is 9.59 Å². The van der Waals surface area contributed by atoms with E-state index in [1.54, 1.807) is 27.7 Å². The first-order valence-electron chi connectivity index (χ1n) is 64.4. The Hall–Kier alpha value is -3.93. The van der Waals surface area contributed by atoms with Gasteiger partial charge in [-0.2, -0.15) is 0 Å². The molecule has 0 bridgehead atoms. The first kappa shape index (κ1) is 140. The fourth-order valence-electron chi connectivity index (χ4n) is 23.1. The summed E-state index contributed by atoms with van der Waals surface area (Å²) in [6, 6.07) is 0. The standard InChI is InChI=1S/C132H244O16/c1-18-23-28-33-38-43-48-53-57-58-59-60-65-69-74-79-83-88-93-108(8)98-112(12)102-116(16)129(139)146-124-121(135)119(105-141-127(137)114(14)100-110(10)96-106(6)91-86-81-76-71-66-62-54-49-44-39-34-29-24-19-2)143-132(126(124)144-120(134)95-90-85-80-75-70-61-52-47-42-37-32-27-22-5)148-131-125(147-130(140)117(17)103-113(13)99-109(9)94-89-84-78-73-68-64-56-51-46-41-36-31-26-21-4)122(136)123(118(104-133)142-131)145-128(138)115(15)101-111(11)97-107(7)92-87-82-77-72-67-63-55-50-45-40-35-30-25-20-3/h100-103,106-113,118-119,121-126,131-133,135-136H,18-99,104-105H2,1-17H3/b114-100+,115-101+,116-102+,117-103+/t106-,107-,108-,109-,110-,111-,112-,113-,118?,119?,121+,122?,123+,124?,125-,126+,131+,132+/m0/s1. The van der Waals surface area contributed by atoms with Crippen molar-refractivity contribution in [3.63, 3.8) is 0 Å². The normalized spacial score (nSPS) is 20.2. The highest BCUT2D eigenvalue weighted by Gasteiger charge is 2.56. The number of hydrogen-bond acceptors (Lipinski definition) is 16. The molecule has 3 N–H and O–H groups in total. The summed E-state index contributed by atoms with van der Waals surface area (Å²) in [6.45, 7) is 34.2. The van der Waals surface area contributed by atoms with Gasteiger partial charge in [-0.1, -0.05) is 602 Å². The molecule has 16 heteroatoms. The molecule has 2 rings (SSSR count). The Morgan fingerprint density at radius 2 is 0.459 bits per heavy atom. The molecule has 18 atom stereocenters. The number of aliphatic hydroxyl groups excluding tert-OH is 3. The van der Waals surface area contributed by atoms with Crippen LogP contribution in [0.1, 0.15) is 644 Å². The van der Waals surface area contributed by atoms with E-state index in [1.165, 1.54) is 411 Å². The summed E-state index contributed by atoms with van der Waals surface area (Å²) < 4.78 is 52.3. The number of unbranched alkanes of at least 4 members (excludes halogenated alkanes) is 68. The largest absolute Gasteiger partial charge is 0.459 e. The van der Waals surface area contributed by atoms with Crippen LogP contribution in [-0.4, -0.2) is 120 Å². The smallest absolute Gasteiger partial charge is 0.333 e. The molecule has 2 saturated heterocycles. The molecule has 0 aromatic heterocycles. The molecule has 2 aliphatic heterocycles. The SMILES string of the molecule is CCCCCCCCCCCCCCCCCCCC[C@H](C)C[C@H](C)/C=C(\C)C(=O)OC1[C@H](O)C(COC(=O)/C(C)=C/[C@@H](C)C[C@@H](C)CCCCCCCCCCCCCCCC)O[C@H](O[C@H]2OC(CO)[C@@H](OC(=O)/C(C)=C/[C@@H](C)C[C@@H](C)CCCCCCCCCCCCCCCC)C(O)[C@@H]2OC(=O)/C(C)=C/[C@@H](C)C[C@@H](C)CCCCCCCCCCCCCCCC)[C@@H]1OC(=O)CCCCCCCCCCCCCCC. The number of ether oxygens (including phenoxy) is 8. The quantitative estimate of drug-likeness (QED) is 0.0223. The summed E-state index contributed by atoms with van der Waals surface area (Å²) in [5, 5.41) is 37.5. The highest BCUT2D eigenvalue weighted by molar-refractivity contribution is 5.89. The van der Waals surface area contributed by atoms with E-state index in [0.717, 1.165) is 103 Å². The second kappa shape index (κ2) is 96.4. The van der Waals surface area contributed by atoms with Gasteiger partial charge in [0.2, 0.25) is 12.6 Å². The van der Waals surface area contributed by atoms with E-state index in [-0.39, 0.29) is 41.2 Å². The third-order valence-electron chi connectivity index (χ3n) is 32.3. The van der Waals surface area contributed by atoms with Crippen molar-refractivity contribution in [3.05, 3.63) is 46.6 Å². The maximum absolute atomic E-state index is 15.1. The van der Waals surface area contributed by atoms with Gasteiger partial charge in [0, 0.05) is 28.7 Å². The van der Waals surface area contributed by atoms with Crippen molar-refractivity contribution in [1.82, 2.24) is 0 Å². The Bertz CT molecular complexity index is 3230. The van der Waals surface area contributed by atoms with Crippen LogP contribution in [0.5, 0.6) is 0 Å². The average Bonchev–Trinajstić information content (AvgIpc) is 0.768. The molecule has 0 saturated carbocycles. The molecule has 0 aromatic carbocycles. The molecular formula is C132H244O16. The minimum absolute atomic E-state index is 0.00122. The zero-order valence-electron chi connectivity index (χ0n) is 100. The van der Waals surface area contributed by atoms with Gasteiger partial charge in [0.25, 0.3) is 0 Å². The van der Waals surface area contributed by atoms with Gasteiger partial charge in [-0.15, -0.1) is 0 Å². The van der Waals surface area contributed by atoms with Crippen LogP contribution < -0.4 is 0 Å². The first-order chi connectivity index (χ1) is 71.7. The molecule has 2 heterocycles. The molecule has 16 nitrogen and oxygen atoms in total. The minimum atomic E-state index is -1.92. The topological polar surface area (TPSA) is 220 Å². The summed E-state index contributed by atoms with van der Waals surface area (Å²) in [6.07, 6.45) is 90.9. The predicted octanol–water partition coefficient (Wildman–Crippen LogP) is 38.3. The van der Waals surface area contributed by atoms with Gasteiger partial charge in [-0.3, -0.25) is 4.79 Å². The molecule has 0 aromatic rings. The minimum Gasteiger partial charge on any atom is -0.459 e. The Labute approximate surface area is 914 Å². The molecule has 2 fully saturated rings. The van der Waals surface area contributed by atoms with E-state index < -0.39 is 104 Å². The lowest BCUT2D eigenvalue weighted by Crippen LogP contribution is -2.66. The summed E-state index contributed by atoms with van der Waals surface area (Å²) in [4.78, 5) is 74.1. The summed E-state index contributed by atoms with van der Waals surface area (Å²) in [5.74, 6) is -2.17. The van der Waals surface area contributed by atoms with Gasteiger partial charge in [-0.05, 0) is 107 Å². The van der Waals surface area contributed by atoms with Crippen LogP contribution in [0.15, 0.2) is 46.6 Å². The third-order valence-corrected chi connectivity index (χ3v) is 32.3. The monoisotopic (exact) mass is 2090 g/mol. The van der Waals surface area contributed by atoms with Crippen molar-refractivity contribution in [2.24, 2.45) is 47.3 Å². The molecule has 0 amide bonds. The van der Waals surface area contributed by atoms with Crippen LogP contribution in [0.3, 0.4) is 0 Å². The number of allylic oxidation sites excluding steroid dienone is 4. The lowest BCUT2D eigenvalue weighted by Gasteiger charge is -2.47. The molecule has 2 aliphatic rings. The summed E-state index contributed by atoms with van der Waals surface area (Å²) in [7, 11) is 0. The number of esters is 5. The number of carbonyl (C=O) groups excluding carboxylic acids is 5. The number of rotatable bonds is 103. The maximum Gasteiger partial charge on any atom is 0.333 e. The highest BCUT2D eigenvalue weighted by atomic mass is 16.8. The lowest BCUT2D eigenvalue weighted by molar-refractivity contribution is -0.377. The Morgan fingerprint density at radius 3 is 0.709 bits per heavy atom. The second-order valence-corrected chi connectivity index (χ2v) is 48.2. The Kier molecular flexibility index (Phi) is 91.3. The van der Waals surface area contributed by atoms with Crippen molar-refractivity contribution in [2.75, 3.05) is 13.2 Å². The van der Waals surface area contributed by atoms with E-state index in [9.17, 15) is 29.7 Å². The van der Waals surface area contributed by atoms with Gasteiger partial charge in [0.15, 0.2) is 24.4 Å². The second-order valence-electron chi connectivity index (χ2n) is 48.2.